The van der Waals surface area contributed by atoms with Gasteiger partial charge in [0.25, 0.3) is 0 Å². The monoisotopic (exact) mass is 280 g/mol. The second-order valence-electron chi connectivity index (χ2n) is 3.83. The van der Waals surface area contributed by atoms with Crippen LogP contribution in [0.25, 0.3) is 0 Å². The highest BCUT2D eigenvalue weighted by atomic mass is 32.1. The van der Waals surface area contributed by atoms with E-state index in [1.54, 1.807) is 23.6 Å². The average molecular weight is 280 g/mol. The summed E-state index contributed by atoms with van der Waals surface area (Å²) in [5.41, 5.74) is 5.99. The van der Waals surface area contributed by atoms with E-state index in [4.69, 9.17) is 10.5 Å². The molecule has 19 heavy (non-hydrogen) atoms. The van der Waals surface area contributed by atoms with Crippen LogP contribution >= 0.6 is 11.3 Å². The molecule has 0 unspecified atom stereocenters. The van der Waals surface area contributed by atoms with Gasteiger partial charge in [0.05, 0.1) is 5.01 Å². The molecule has 1 aromatic heterocycles. The van der Waals surface area contributed by atoms with Crippen molar-refractivity contribution in [2.75, 3.05) is 6.54 Å². The minimum Gasteiger partial charge on any atom is -0.456 e. The third kappa shape index (κ3) is 3.59. The highest BCUT2D eigenvalue weighted by molar-refractivity contribution is 7.09. The molecule has 0 fully saturated rings. The number of esters is 1. The molecular formula is C13H13FN2O2S. The average Bonchev–Trinajstić information content (AvgIpc) is 2.87. The molecule has 6 heteroatoms. The van der Waals surface area contributed by atoms with Crippen LogP contribution in [0.4, 0.5) is 4.39 Å². The molecule has 2 aromatic rings. The first kappa shape index (κ1) is 13.6. The number of rotatable bonds is 5. The van der Waals surface area contributed by atoms with Crippen LogP contribution in [-0.2, 0) is 17.8 Å². The zero-order valence-electron chi connectivity index (χ0n) is 10.1. The van der Waals surface area contributed by atoms with E-state index in [0.717, 1.165) is 5.01 Å². The van der Waals surface area contributed by atoms with Gasteiger partial charge < -0.3 is 10.5 Å². The summed E-state index contributed by atoms with van der Waals surface area (Å²) in [6, 6.07) is 6.17. The molecule has 2 N–H and O–H groups in total. The van der Waals surface area contributed by atoms with Gasteiger partial charge in [0.15, 0.2) is 5.69 Å². The van der Waals surface area contributed by atoms with Crippen molar-refractivity contribution in [1.82, 2.24) is 4.98 Å². The predicted molar refractivity (Wildman–Crippen MR) is 70.4 cm³/mol. The summed E-state index contributed by atoms with van der Waals surface area (Å²) in [4.78, 5) is 15.8. The third-order valence-electron chi connectivity index (χ3n) is 2.44. The summed E-state index contributed by atoms with van der Waals surface area (Å²) in [5, 5.41) is 2.41. The number of nitrogens with zero attached hydrogens (tertiary/aromatic N) is 1. The van der Waals surface area contributed by atoms with Crippen molar-refractivity contribution >= 4 is 17.3 Å². The number of benzene rings is 1. The SMILES string of the molecule is NCCc1nc(C(=O)OCc2ccccc2F)cs1. The highest BCUT2D eigenvalue weighted by Gasteiger charge is 2.13. The Morgan fingerprint density at radius 2 is 2.21 bits per heavy atom. The maximum absolute atomic E-state index is 13.3. The molecule has 0 atom stereocenters. The number of halogens is 1. The van der Waals surface area contributed by atoms with Crippen molar-refractivity contribution in [3.8, 4) is 0 Å². The quantitative estimate of drug-likeness (QED) is 0.852. The van der Waals surface area contributed by atoms with E-state index in [1.165, 1.54) is 17.4 Å². The summed E-state index contributed by atoms with van der Waals surface area (Å²) < 4.78 is 18.3. The first-order valence-corrected chi connectivity index (χ1v) is 6.63. The number of hydrogen-bond acceptors (Lipinski definition) is 5. The predicted octanol–water partition coefficient (Wildman–Crippen LogP) is 2.14. The number of nitrogens with two attached hydrogens (primary N) is 1. The summed E-state index contributed by atoms with van der Waals surface area (Å²) in [5.74, 6) is -0.944. The van der Waals surface area contributed by atoms with Crippen molar-refractivity contribution in [2.45, 2.75) is 13.0 Å². The molecular weight excluding hydrogens is 267 g/mol. The fraction of sp³-hybridized carbons (Fsp3) is 0.231. The van der Waals surface area contributed by atoms with Crippen LogP contribution in [0.1, 0.15) is 21.1 Å². The van der Waals surface area contributed by atoms with Gasteiger partial charge in [-0.3, -0.25) is 0 Å². The molecule has 0 amide bonds. The normalized spacial score (nSPS) is 10.4. The van der Waals surface area contributed by atoms with Gasteiger partial charge in [0.2, 0.25) is 0 Å². The minimum atomic E-state index is -0.553. The van der Waals surface area contributed by atoms with Gasteiger partial charge in [0, 0.05) is 17.4 Å². The standard InChI is InChI=1S/C13H13FN2O2S/c14-10-4-2-1-3-9(10)7-18-13(17)11-8-19-12(16-11)5-6-15/h1-4,8H,5-7,15H2. The first-order valence-electron chi connectivity index (χ1n) is 5.75. The molecule has 2 rings (SSSR count). The Morgan fingerprint density at radius 1 is 1.42 bits per heavy atom. The number of aromatic nitrogens is 1. The molecule has 100 valence electrons. The van der Waals surface area contributed by atoms with Crippen LogP contribution in [0.2, 0.25) is 0 Å². The Hall–Kier alpha value is -1.79. The van der Waals surface area contributed by atoms with Crippen LogP contribution in [0.5, 0.6) is 0 Å². The Labute approximate surface area is 114 Å². The lowest BCUT2D eigenvalue weighted by Gasteiger charge is -2.03. The molecule has 0 spiro atoms. The fourth-order valence-electron chi connectivity index (χ4n) is 1.48. The van der Waals surface area contributed by atoms with Gasteiger partial charge in [-0.2, -0.15) is 0 Å². The number of ether oxygens (including phenoxy) is 1. The van der Waals surface area contributed by atoms with E-state index in [2.05, 4.69) is 4.98 Å². The maximum Gasteiger partial charge on any atom is 0.358 e. The number of thiazole rings is 1. The lowest BCUT2D eigenvalue weighted by Crippen LogP contribution is -2.07. The lowest BCUT2D eigenvalue weighted by molar-refractivity contribution is 0.0462. The van der Waals surface area contributed by atoms with Crippen molar-refractivity contribution in [3.63, 3.8) is 0 Å². The molecule has 0 aliphatic heterocycles. The molecule has 4 nitrogen and oxygen atoms in total. The van der Waals surface area contributed by atoms with Crippen LogP contribution in [0, 0.1) is 5.82 Å². The lowest BCUT2D eigenvalue weighted by atomic mass is 10.2. The van der Waals surface area contributed by atoms with Crippen molar-refractivity contribution in [2.24, 2.45) is 5.73 Å². The van der Waals surface area contributed by atoms with Crippen molar-refractivity contribution in [1.29, 1.82) is 0 Å². The second kappa shape index (κ2) is 6.40. The fourth-order valence-corrected chi connectivity index (χ4v) is 2.26. The molecule has 0 aliphatic carbocycles. The first-order chi connectivity index (χ1) is 9.20. The summed E-state index contributed by atoms with van der Waals surface area (Å²) in [7, 11) is 0. The molecule has 1 aromatic carbocycles. The van der Waals surface area contributed by atoms with Gasteiger partial charge in [-0.25, -0.2) is 14.2 Å². The van der Waals surface area contributed by atoms with E-state index in [-0.39, 0.29) is 12.3 Å². The van der Waals surface area contributed by atoms with E-state index in [0.29, 0.717) is 18.5 Å². The molecule has 0 saturated heterocycles. The van der Waals surface area contributed by atoms with E-state index >= 15 is 0 Å². The summed E-state index contributed by atoms with van der Waals surface area (Å²) in [6.07, 6.45) is 0.630. The topological polar surface area (TPSA) is 65.2 Å². The Morgan fingerprint density at radius 3 is 2.95 bits per heavy atom. The Bertz CT molecular complexity index is 571. The zero-order chi connectivity index (χ0) is 13.7. The maximum atomic E-state index is 13.3. The zero-order valence-corrected chi connectivity index (χ0v) is 11.0. The summed E-state index contributed by atoms with van der Waals surface area (Å²) >= 11 is 1.36. The van der Waals surface area contributed by atoms with Gasteiger partial charge >= 0.3 is 5.97 Å². The van der Waals surface area contributed by atoms with E-state index in [9.17, 15) is 9.18 Å². The van der Waals surface area contributed by atoms with Crippen LogP contribution < -0.4 is 5.73 Å². The van der Waals surface area contributed by atoms with Gasteiger partial charge in [0.1, 0.15) is 12.4 Å². The number of carbonyl (C=O) groups excluding carboxylic acids is 1. The van der Waals surface area contributed by atoms with E-state index in [1.807, 2.05) is 0 Å². The molecule has 0 aliphatic rings. The minimum absolute atomic E-state index is 0.102. The van der Waals surface area contributed by atoms with Gasteiger partial charge in [-0.1, -0.05) is 18.2 Å². The highest BCUT2D eigenvalue weighted by Crippen LogP contribution is 2.13. The van der Waals surface area contributed by atoms with E-state index < -0.39 is 11.8 Å². The second-order valence-corrected chi connectivity index (χ2v) is 4.78. The van der Waals surface area contributed by atoms with Gasteiger partial charge in [-0.15, -0.1) is 11.3 Å². The van der Waals surface area contributed by atoms with Crippen LogP contribution in [0.15, 0.2) is 29.6 Å². The van der Waals surface area contributed by atoms with Crippen molar-refractivity contribution in [3.05, 3.63) is 51.7 Å². The van der Waals surface area contributed by atoms with Crippen LogP contribution in [-0.4, -0.2) is 17.5 Å². The molecule has 0 saturated carbocycles. The smallest absolute Gasteiger partial charge is 0.358 e. The molecule has 0 radical (unpaired) electrons. The number of carbonyl (C=O) groups is 1. The third-order valence-corrected chi connectivity index (χ3v) is 3.34. The van der Waals surface area contributed by atoms with Crippen LogP contribution in [0.3, 0.4) is 0 Å². The Balaban J connectivity index is 1.95. The molecule has 1 heterocycles. The largest absolute Gasteiger partial charge is 0.456 e. The number of hydrogen-bond donors (Lipinski definition) is 1. The van der Waals surface area contributed by atoms with Crippen molar-refractivity contribution < 1.29 is 13.9 Å². The summed E-state index contributed by atoms with van der Waals surface area (Å²) in [6.45, 7) is 0.381. The Kier molecular flexibility index (Phi) is 4.59. The molecule has 0 bridgehead atoms. The van der Waals surface area contributed by atoms with Gasteiger partial charge in [-0.05, 0) is 12.6 Å².